The van der Waals surface area contributed by atoms with Crippen LogP contribution in [0.4, 0.5) is 13.6 Å². The fourth-order valence-electron chi connectivity index (χ4n) is 4.34. The highest BCUT2D eigenvalue weighted by molar-refractivity contribution is 6.11. The SMILES string of the molecule is COc1cc(C(=O)CN2C(=O)NC3(CCC(F)(F)CC3)C2=O)ccc1-c1ccccc1C#N. The Morgan fingerprint density at radius 1 is 1.12 bits per heavy atom. The zero-order valence-corrected chi connectivity index (χ0v) is 17.9. The van der Waals surface area contributed by atoms with Crippen molar-refractivity contribution in [3.8, 4) is 22.9 Å². The fourth-order valence-corrected chi connectivity index (χ4v) is 4.34. The average Bonchev–Trinajstić information content (AvgIpc) is 3.05. The number of ketones is 1. The first kappa shape index (κ1) is 22.4. The molecule has 0 radical (unpaired) electrons. The molecule has 0 bridgehead atoms. The van der Waals surface area contributed by atoms with Crippen LogP contribution >= 0.6 is 0 Å². The standard InChI is InChI=1S/C24H21F2N3O4/c1-33-20-12-15(6-7-18(20)17-5-3-2-4-16(17)13-27)19(30)14-29-21(31)23(28-22(29)32)8-10-24(25,26)11-9-23/h2-7,12H,8-11,14H2,1H3,(H,28,32). The van der Waals surface area contributed by atoms with Gasteiger partial charge in [0, 0.05) is 29.5 Å². The van der Waals surface area contributed by atoms with E-state index in [0.717, 1.165) is 4.90 Å². The van der Waals surface area contributed by atoms with E-state index in [0.29, 0.717) is 22.4 Å². The maximum atomic E-state index is 13.5. The summed E-state index contributed by atoms with van der Waals surface area (Å²) < 4.78 is 32.5. The van der Waals surface area contributed by atoms with Gasteiger partial charge in [0.1, 0.15) is 11.3 Å². The van der Waals surface area contributed by atoms with E-state index in [1.807, 2.05) is 0 Å². The maximum Gasteiger partial charge on any atom is 0.325 e. The molecule has 2 aromatic rings. The summed E-state index contributed by atoms with van der Waals surface area (Å²) >= 11 is 0. The number of alkyl halides is 2. The van der Waals surface area contributed by atoms with E-state index in [1.165, 1.54) is 19.2 Å². The lowest BCUT2D eigenvalue weighted by atomic mass is 9.80. The van der Waals surface area contributed by atoms with Crippen molar-refractivity contribution >= 4 is 17.7 Å². The van der Waals surface area contributed by atoms with Crippen molar-refractivity contribution in [2.75, 3.05) is 13.7 Å². The summed E-state index contributed by atoms with van der Waals surface area (Å²) in [6.45, 7) is -0.514. The smallest absolute Gasteiger partial charge is 0.325 e. The van der Waals surface area contributed by atoms with Crippen molar-refractivity contribution in [3.05, 3.63) is 53.6 Å². The van der Waals surface area contributed by atoms with E-state index >= 15 is 0 Å². The summed E-state index contributed by atoms with van der Waals surface area (Å²) in [4.78, 5) is 39.0. The first-order chi connectivity index (χ1) is 15.7. The summed E-state index contributed by atoms with van der Waals surface area (Å²) in [6.07, 6.45) is -1.33. The van der Waals surface area contributed by atoms with Gasteiger partial charge < -0.3 is 10.1 Å². The van der Waals surface area contributed by atoms with Gasteiger partial charge >= 0.3 is 6.03 Å². The first-order valence-electron chi connectivity index (χ1n) is 10.4. The second kappa shape index (κ2) is 8.28. The number of benzene rings is 2. The molecule has 1 heterocycles. The lowest BCUT2D eigenvalue weighted by Crippen LogP contribution is -2.51. The molecule has 2 fully saturated rings. The van der Waals surface area contributed by atoms with E-state index in [2.05, 4.69) is 11.4 Å². The number of methoxy groups -OCH3 is 1. The number of hydrogen-bond acceptors (Lipinski definition) is 5. The molecule has 0 aromatic heterocycles. The number of rotatable bonds is 5. The minimum atomic E-state index is -2.86. The quantitative estimate of drug-likeness (QED) is 0.547. The lowest BCUT2D eigenvalue weighted by molar-refractivity contribution is -0.135. The number of carbonyl (C=O) groups is 3. The van der Waals surface area contributed by atoms with Crippen LogP contribution < -0.4 is 10.1 Å². The van der Waals surface area contributed by atoms with Crippen LogP contribution in [0.25, 0.3) is 11.1 Å². The summed E-state index contributed by atoms with van der Waals surface area (Å²) in [6, 6.07) is 13.0. The highest BCUT2D eigenvalue weighted by Crippen LogP contribution is 2.41. The molecular formula is C24H21F2N3O4. The van der Waals surface area contributed by atoms with Crippen LogP contribution in [0.2, 0.25) is 0 Å². The third-order valence-electron chi connectivity index (χ3n) is 6.24. The number of Topliss-reactive ketones (excluding diaryl/α,β-unsaturated/α-hetero) is 1. The fraction of sp³-hybridized carbons (Fsp3) is 0.333. The summed E-state index contributed by atoms with van der Waals surface area (Å²) in [5, 5.41) is 11.9. The molecule has 1 aliphatic carbocycles. The Morgan fingerprint density at radius 2 is 1.82 bits per heavy atom. The van der Waals surface area contributed by atoms with Gasteiger partial charge in [-0.25, -0.2) is 13.6 Å². The number of urea groups is 1. The molecule has 9 heteroatoms. The first-order valence-corrected chi connectivity index (χ1v) is 10.4. The number of hydrogen-bond donors (Lipinski definition) is 1. The Balaban J connectivity index is 1.55. The highest BCUT2D eigenvalue weighted by atomic mass is 19.3. The second-order valence-corrected chi connectivity index (χ2v) is 8.26. The molecule has 7 nitrogen and oxygen atoms in total. The van der Waals surface area contributed by atoms with Gasteiger partial charge in [-0.05, 0) is 31.0 Å². The number of carbonyl (C=O) groups excluding carboxylic acids is 3. The van der Waals surface area contributed by atoms with E-state index < -0.39 is 48.6 Å². The van der Waals surface area contributed by atoms with Crippen molar-refractivity contribution in [3.63, 3.8) is 0 Å². The van der Waals surface area contributed by atoms with Gasteiger partial charge in [0.15, 0.2) is 5.78 Å². The van der Waals surface area contributed by atoms with Gasteiger partial charge in [-0.3, -0.25) is 14.5 Å². The highest BCUT2D eigenvalue weighted by Gasteiger charge is 2.55. The molecule has 170 valence electrons. The Labute approximate surface area is 188 Å². The van der Waals surface area contributed by atoms with Crippen molar-refractivity contribution < 1.29 is 27.9 Å². The molecule has 0 atom stereocenters. The topological polar surface area (TPSA) is 99.5 Å². The third-order valence-corrected chi connectivity index (χ3v) is 6.24. The van der Waals surface area contributed by atoms with Crippen LogP contribution in [0.15, 0.2) is 42.5 Å². The zero-order chi connectivity index (χ0) is 23.8. The molecule has 2 aliphatic rings. The molecule has 1 aliphatic heterocycles. The Hall–Kier alpha value is -3.80. The summed E-state index contributed by atoms with van der Waals surface area (Å²) in [7, 11) is 1.43. The molecule has 1 spiro atoms. The minimum Gasteiger partial charge on any atom is -0.496 e. The number of imide groups is 1. The van der Waals surface area contributed by atoms with E-state index in [1.54, 1.807) is 30.3 Å². The van der Waals surface area contributed by atoms with Crippen LogP contribution in [-0.2, 0) is 4.79 Å². The molecule has 4 rings (SSSR count). The number of nitrogens with zero attached hydrogens (tertiary/aromatic N) is 2. The van der Waals surface area contributed by atoms with Gasteiger partial charge in [0.2, 0.25) is 5.92 Å². The van der Waals surface area contributed by atoms with Gasteiger partial charge in [-0.1, -0.05) is 24.3 Å². The van der Waals surface area contributed by atoms with E-state index in [4.69, 9.17) is 4.74 Å². The van der Waals surface area contributed by atoms with Crippen LogP contribution in [0.5, 0.6) is 5.75 Å². The lowest BCUT2D eigenvalue weighted by Gasteiger charge is -2.34. The van der Waals surface area contributed by atoms with Crippen molar-refractivity contribution in [1.29, 1.82) is 5.26 Å². The van der Waals surface area contributed by atoms with Gasteiger partial charge in [-0.2, -0.15) is 5.26 Å². The Morgan fingerprint density at radius 3 is 2.48 bits per heavy atom. The van der Waals surface area contributed by atoms with Crippen molar-refractivity contribution in [2.24, 2.45) is 0 Å². The average molecular weight is 453 g/mol. The van der Waals surface area contributed by atoms with Crippen molar-refractivity contribution in [2.45, 2.75) is 37.1 Å². The predicted octanol–water partition coefficient (Wildman–Crippen LogP) is 3.92. The van der Waals surface area contributed by atoms with Gasteiger partial charge in [-0.15, -0.1) is 0 Å². The Kier molecular flexibility index (Phi) is 5.62. The number of halogens is 2. The minimum absolute atomic E-state index is 0.171. The molecular weight excluding hydrogens is 432 g/mol. The number of nitriles is 1. The van der Waals surface area contributed by atoms with Crippen LogP contribution in [0.1, 0.15) is 41.6 Å². The maximum absolute atomic E-state index is 13.5. The number of nitrogens with one attached hydrogen (secondary N) is 1. The van der Waals surface area contributed by atoms with Gasteiger partial charge in [0.05, 0.1) is 25.3 Å². The number of amides is 3. The summed E-state index contributed by atoms with van der Waals surface area (Å²) in [5.74, 6) is -3.66. The molecule has 33 heavy (non-hydrogen) atoms. The summed E-state index contributed by atoms with van der Waals surface area (Å²) in [5.41, 5.74) is 0.533. The largest absolute Gasteiger partial charge is 0.496 e. The molecule has 1 saturated carbocycles. The van der Waals surface area contributed by atoms with Gasteiger partial charge in [0.25, 0.3) is 5.91 Å². The zero-order valence-electron chi connectivity index (χ0n) is 17.9. The van der Waals surface area contributed by atoms with E-state index in [9.17, 15) is 28.4 Å². The van der Waals surface area contributed by atoms with Crippen molar-refractivity contribution in [1.82, 2.24) is 10.2 Å². The van der Waals surface area contributed by atoms with Crippen LogP contribution in [0.3, 0.4) is 0 Å². The third kappa shape index (κ3) is 4.04. The molecule has 1 saturated heterocycles. The molecule has 2 aromatic carbocycles. The predicted molar refractivity (Wildman–Crippen MR) is 114 cm³/mol. The molecule has 3 amide bonds. The second-order valence-electron chi connectivity index (χ2n) is 8.26. The van der Waals surface area contributed by atoms with Crippen LogP contribution in [0, 0.1) is 11.3 Å². The van der Waals surface area contributed by atoms with E-state index in [-0.39, 0.29) is 18.4 Å². The molecule has 1 N–H and O–H groups in total. The normalized spacial score (nSPS) is 18.7. The monoisotopic (exact) mass is 453 g/mol. The Bertz CT molecular complexity index is 1180. The van der Waals surface area contributed by atoms with Crippen LogP contribution in [-0.4, -0.2) is 47.7 Å². The number of ether oxygens (including phenoxy) is 1. The molecule has 0 unspecified atom stereocenters.